The SMILES string of the molecule is Cc1cc2c(oc3c(-c4cccc[n+]4C)c(C)ccc32)c(-c2cc3ccccc3c3ccccc23)c1F. The van der Waals surface area contributed by atoms with Gasteiger partial charge in [0.05, 0.1) is 11.1 Å². The Bertz CT molecular complexity index is 2030. The van der Waals surface area contributed by atoms with Gasteiger partial charge in [0.1, 0.15) is 24.0 Å². The van der Waals surface area contributed by atoms with E-state index in [-0.39, 0.29) is 5.82 Å². The number of hydrogen-bond acceptors (Lipinski definition) is 1. The number of halogens is 1. The maximum Gasteiger partial charge on any atom is 0.216 e. The summed E-state index contributed by atoms with van der Waals surface area (Å²) in [4.78, 5) is 0. The van der Waals surface area contributed by atoms with Gasteiger partial charge in [0.2, 0.25) is 5.69 Å². The molecule has 2 aromatic heterocycles. The molecule has 0 aliphatic carbocycles. The summed E-state index contributed by atoms with van der Waals surface area (Å²) in [6.45, 7) is 3.94. The summed E-state index contributed by atoms with van der Waals surface area (Å²) in [5, 5.41) is 6.28. The predicted octanol–water partition coefficient (Wildman–Crippen LogP) is 8.81. The van der Waals surface area contributed by atoms with Gasteiger partial charge in [-0.25, -0.2) is 8.96 Å². The van der Waals surface area contributed by atoms with E-state index in [1.54, 1.807) is 0 Å². The highest BCUT2D eigenvalue weighted by atomic mass is 19.1. The topological polar surface area (TPSA) is 17.0 Å². The van der Waals surface area contributed by atoms with Crippen LogP contribution in [0.4, 0.5) is 4.39 Å². The van der Waals surface area contributed by atoms with Crippen LogP contribution >= 0.6 is 0 Å². The number of benzene rings is 5. The van der Waals surface area contributed by atoms with Crippen LogP contribution in [0.1, 0.15) is 11.1 Å². The molecule has 0 amide bonds. The van der Waals surface area contributed by atoms with Crippen LogP contribution in [0.25, 0.3) is 65.9 Å². The largest absolute Gasteiger partial charge is 0.454 e. The first-order chi connectivity index (χ1) is 18.0. The van der Waals surface area contributed by atoms with Crippen LogP contribution in [-0.4, -0.2) is 0 Å². The third kappa shape index (κ3) is 3.14. The van der Waals surface area contributed by atoms with Crippen molar-refractivity contribution < 1.29 is 13.4 Å². The Morgan fingerprint density at radius 3 is 2.14 bits per heavy atom. The molecule has 0 radical (unpaired) electrons. The average Bonchev–Trinajstić information content (AvgIpc) is 3.27. The molecule has 2 nitrogen and oxygen atoms in total. The fourth-order valence-electron chi connectivity index (χ4n) is 5.79. The molecule has 37 heavy (non-hydrogen) atoms. The molecule has 178 valence electrons. The predicted molar refractivity (Wildman–Crippen MR) is 150 cm³/mol. The fourth-order valence-corrected chi connectivity index (χ4v) is 5.79. The van der Waals surface area contributed by atoms with E-state index in [4.69, 9.17) is 4.42 Å². The maximum absolute atomic E-state index is 16.2. The Balaban J connectivity index is 1.66. The zero-order valence-electron chi connectivity index (χ0n) is 21.0. The van der Waals surface area contributed by atoms with Gasteiger partial charge in [-0.3, -0.25) is 0 Å². The van der Waals surface area contributed by atoms with Crippen molar-refractivity contribution in [1.29, 1.82) is 0 Å². The molecular formula is C34H25FNO+. The second-order valence-corrected chi connectivity index (χ2v) is 9.88. The highest BCUT2D eigenvalue weighted by Crippen LogP contribution is 2.45. The summed E-state index contributed by atoms with van der Waals surface area (Å²) >= 11 is 0. The van der Waals surface area contributed by atoms with Crippen molar-refractivity contribution in [2.45, 2.75) is 13.8 Å². The van der Waals surface area contributed by atoms with Gasteiger partial charge in [-0.15, -0.1) is 0 Å². The third-order valence-corrected chi connectivity index (χ3v) is 7.61. The van der Waals surface area contributed by atoms with Gasteiger partial charge in [0.15, 0.2) is 6.20 Å². The Labute approximate surface area is 214 Å². The van der Waals surface area contributed by atoms with Crippen LogP contribution in [0.2, 0.25) is 0 Å². The fraction of sp³-hybridized carbons (Fsp3) is 0.0882. The van der Waals surface area contributed by atoms with Crippen LogP contribution in [-0.2, 0) is 7.05 Å². The average molecular weight is 483 g/mol. The lowest BCUT2D eigenvalue weighted by Gasteiger charge is -2.13. The highest BCUT2D eigenvalue weighted by Gasteiger charge is 2.25. The molecule has 0 aliphatic rings. The minimum atomic E-state index is -0.240. The first kappa shape index (κ1) is 21.8. The monoisotopic (exact) mass is 482 g/mol. The summed E-state index contributed by atoms with van der Waals surface area (Å²) < 4.78 is 25.0. The molecule has 3 heteroatoms. The van der Waals surface area contributed by atoms with E-state index in [9.17, 15) is 0 Å². The Morgan fingerprint density at radius 2 is 1.32 bits per heavy atom. The molecule has 0 saturated heterocycles. The molecule has 0 aliphatic heterocycles. The normalized spacial score (nSPS) is 11.8. The quantitative estimate of drug-likeness (QED) is 0.178. The standard InChI is InChI=1S/C34H25FNO/c1-20-15-16-26-28-18-21(2)32(35)31(34(28)37-33(26)30(20)29-14-8-9-17-36(29)3)27-19-22-10-4-5-11-23(22)24-12-6-7-13-25(24)27/h4-19H,1-3H3/q+1. The van der Waals surface area contributed by atoms with Gasteiger partial charge in [0, 0.05) is 22.9 Å². The minimum Gasteiger partial charge on any atom is -0.454 e. The van der Waals surface area contributed by atoms with Crippen LogP contribution in [0.15, 0.2) is 102 Å². The molecule has 0 unspecified atom stereocenters. The molecule has 7 rings (SSSR count). The van der Waals surface area contributed by atoms with Crippen molar-refractivity contribution in [2.24, 2.45) is 7.05 Å². The number of aromatic nitrogens is 1. The first-order valence-electron chi connectivity index (χ1n) is 12.5. The molecule has 0 atom stereocenters. The summed E-state index contributed by atoms with van der Waals surface area (Å²) in [5.41, 5.74) is 6.55. The van der Waals surface area contributed by atoms with E-state index in [2.05, 4.69) is 60.0 Å². The molecular weight excluding hydrogens is 457 g/mol. The minimum absolute atomic E-state index is 0.240. The molecule has 0 fully saturated rings. The summed E-state index contributed by atoms with van der Waals surface area (Å²) in [5.74, 6) is -0.240. The second kappa shape index (κ2) is 8.01. The lowest BCUT2D eigenvalue weighted by atomic mass is 9.91. The van der Waals surface area contributed by atoms with Crippen molar-refractivity contribution in [3.8, 4) is 22.4 Å². The van der Waals surface area contributed by atoms with Crippen molar-refractivity contribution in [2.75, 3.05) is 0 Å². The Hall–Kier alpha value is -4.50. The van der Waals surface area contributed by atoms with Gasteiger partial charge in [-0.05, 0) is 70.3 Å². The van der Waals surface area contributed by atoms with Crippen molar-refractivity contribution in [3.63, 3.8) is 0 Å². The van der Waals surface area contributed by atoms with Crippen LogP contribution in [0.3, 0.4) is 0 Å². The number of fused-ring (bicyclic) bond motifs is 6. The van der Waals surface area contributed by atoms with E-state index in [1.165, 1.54) is 0 Å². The Kier molecular flexibility index (Phi) is 4.71. The zero-order valence-corrected chi connectivity index (χ0v) is 21.0. The molecule has 7 aromatic rings. The lowest BCUT2D eigenvalue weighted by molar-refractivity contribution is -0.660. The van der Waals surface area contributed by atoms with Crippen molar-refractivity contribution in [1.82, 2.24) is 0 Å². The number of hydrogen-bond donors (Lipinski definition) is 0. The van der Waals surface area contributed by atoms with Crippen LogP contribution in [0, 0.1) is 19.7 Å². The van der Waals surface area contributed by atoms with Gasteiger partial charge in [0.25, 0.3) is 0 Å². The molecule has 0 bridgehead atoms. The van der Waals surface area contributed by atoms with Gasteiger partial charge < -0.3 is 4.42 Å². The maximum atomic E-state index is 16.2. The molecule has 0 saturated carbocycles. The number of furan rings is 1. The number of pyridine rings is 1. The van der Waals surface area contributed by atoms with Crippen LogP contribution in [0.5, 0.6) is 0 Å². The smallest absolute Gasteiger partial charge is 0.216 e. The second-order valence-electron chi connectivity index (χ2n) is 9.88. The Morgan fingerprint density at radius 1 is 0.622 bits per heavy atom. The molecule has 0 N–H and O–H groups in total. The molecule has 0 spiro atoms. The van der Waals surface area contributed by atoms with Crippen molar-refractivity contribution >= 4 is 43.5 Å². The lowest BCUT2D eigenvalue weighted by Crippen LogP contribution is -2.30. The van der Waals surface area contributed by atoms with E-state index >= 15 is 4.39 Å². The van der Waals surface area contributed by atoms with E-state index in [0.717, 1.165) is 60.3 Å². The van der Waals surface area contributed by atoms with E-state index in [0.29, 0.717) is 16.7 Å². The van der Waals surface area contributed by atoms with E-state index < -0.39 is 0 Å². The van der Waals surface area contributed by atoms with Crippen LogP contribution < -0.4 is 4.57 Å². The highest BCUT2D eigenvalue weighted by molar-refractivity contribution is 6.19. The van der Waals surface area contributed by atoms with Gasteiger partial charge >= 0.3 is 0 Å². The number of nitrogens with zero attached hydrogens (tertiary/aromatic N) is 1. The van der Waals surface area contributed by atoms with Gasteiger partial charge in [-0.1, -0.05) is 60.7 Å². The third-order valence-electron chi connectivity index (χ3n) is 7.61. The summed E-state index contributed by atoms with van der Waals surface area (Å²) in [6.07, 6.45) is 2.03. The summed E-state index contributed by atoms with van der Waals surface area (Å²) in [7, 11) is 2.03. The van der Waals surface area contributed by atoms with Gasteiger partial charge in [-0.2, -0.15) is 0 Å². The number of aryl methyl sites for hydroxylation is 3. The summed E-state index contributed by atoms with van der Waals surface area (Å²) in [6, 6.07) is 30.9. The molecule has 2 heterocycles. The number of rotatable bonds is 2. The molecule has 5 aromatic carbocycles. The first-order valence-corrected chi connectivity index (χ1v) is 12.5. The van der Waals surface area contributed by atoms with E-state index in [1.807, 2.05) is 62.6 Å². The zero-order chi connectivity index (χ0) is 25.3. The van der Waals surface area contributed by atoms with Crippen molar-refractivity contribution in [3.05, 3.63) is 114 Å².